The van der Waals surface area contributed by atoms with Gasteiger partial charge >= 0.3 is 0 Å². The third kappa shape index (κ3) is 3.66. The number of rotatable bonds is 3. The van der Waals surface area contributed by atoms with Crippen molar-refractivity contribution in [2.24, 2.45) is 7.05 Å². The predicted octanol–water partition coefficient (Wildman–Crippen LogP) is 2.95. The van der Waals surface area contributed by atoms with E-state index < -0.39 is 5.82 Å². The maximum atomic E-state index is 14.2. The zero-order valence-corrected chi connectivity index (χ0v) is 15.6. The number of aromatic nitrogens is 3. The Labute approximate surface area is 162 Å². The van der Waals surface area contributed by atoms with Gasteiger partial charge in [0.25, 0.3) is 5.56 Å². The lowest BCUT2D eigenvalue weighted by Gasteiger charge is -2.26. The summed E-state index contributed by atoms with van der Waals surface area (Å²) >= 11 is 0. The van der Waals surface area contributed by atoms with Crippen molar-refractivity contribution in [3.63, 3.8) is 0 Å². The molecule has 0 aliphatic carbocycles. The smallest absolute Gasteiger partial charge is 0.255 e. The SMILES string of the molecule is Cn1c(N2CCCOC(c3ccccc3)C2)nc(-c2ccncc2F)cc1=O. The van der Waals surface area contributed by atoms with Crippen LogP contribution in [0.1, 0.15) is 18.1 Å². The van der Waals surface area contributed by atoms with Crippen molar-refractivity contribution in [2.45, 2.75) is 12.5 Å². The van der Waals surface area contributed by atoms with Crippen LogP contribution < -0.4 is 10.5 Å². The molecule has 3 heterocycles. The summed E-state index contributed by atoms with van der Waals surface area (Å²) in [5, 5.41) is 0. The van der Waals surface area contributed by atoms with Crippen LogP contribution in [0, 0.1) is 5.82 Å². The Balaban J connectivity index is 1.73. The highest BCUT2D eigenvalue weighted by Crippen LogP contribution is 2.26. The Morgan fingerprint density at radius 3 is 2.82 bits per heavy atom. The maximum Gasteiger partial charge on any atom is 0.255 e. The van der Waals surface area contributed by atoms with Gasteiger partial charge in [-0.25, -0.2) is 9.37 Å². The molecule has 3 aromatic rings. The van der Waals surface area contributed by atoms with Gasteiger partial charge in [-0.1, -0.05) is 30.3 Å². The quantitative estimate of drug-likeness (QED) is 0.699. The molecule has 7 heteroatoms. The van der Waals surface area contributed by atoms with E-state index in [0.717, 1.165) is 18.2 Å². The van der Waals surface area contributed by atoms with Crippen molar-refractivity contribution in [3.8, 4) is 11.3 Å². The Morgan fingerprint density at radius 2 is 2.04 bits per heavy atom. The second kappa shape index (κ2) is 7.90. The molecule has 1 atom stereocenters. The van der Waals surface area contributed by atoms with E-state index >= 15 is 0 Å². The van der Waals surface area contributed by atoms with Crippen molar-refractivity contribution in [2.75, 3.05) is 24.6 Å². The number of hydrogen-bond acceptors (Lipinski definition) is 5. The molecule has 28 heavy (non-hydrogen) atoms. The van der Waals surface area contributed by atoms with E-state index in [9.17, 15) is 9.18 Å². The first-order valence-electron chi connectivity index (χ1n) is 9.23. The van der Waals surface area contributed by atoms with Gasteiger partial charge in [-0.2, -0.15) is 0 Å². The number of pyridine rings is 1. The van der Waals surface area contributed by atoms with Crippen LogP contribution >= 0.6 is 0 Å². The molecule has 0 N–H and O–H groups in total. The summed E-state index contributed by atoms with van der Waals surface area (Å²) in [7, 11) is 1.68. The predicted molar refractivity (Wildman–Crippen MR) is 105 cm³/mol. The van der Waals surface area contributed by atoms with Gasteiger partial charge in [0.05, 0.1) is 18.4 Å². The molecule has 1 unspecified atom stereocenters. The van der Waals surface area contributed by atoms with Gasteiger partial charge in [-0.15, -0.1) is 0 Å². The van der Waals surface area contributed by atoms with Gasteiger partial charge in [0.15, 0.2) is 5.82 Å². The molecule has 0 radical (unpaired) electrons. The van der Waals surface area contributed by atoms with Crippen molar-refractivity contribution in [3.05, 3.63) is 76.6 Å². The van der Waals surface area contributed by atoms with Crippen molar-refractivity contribution >= 4 is 5.95 Å². The minimum Gasteiger partial charge on any atom is -0.372 e. The second-order valence-corrected chi connectivity index (χ2v) is 6.76. The lowest BCUT2D eigenvalue weighted by molar-refractivity contribution is 0.0685. The molecule has 0 spiro atoms. The standard InChI is InChI=1S/C21H21FN4O2/c1-25-20(27)12-18(16-8-9-23-13-17(16)22)24-21(25)26-10-5-11-28-19(14-26)15-6-3-2-4-7-15/h2-4,6-9,12-13,19H,5,10-11,14H2,1H3. The maximum absolute atomic E-state index is 14.2. The minimum atomic E-state index is -0.504. The van der Waals surface area contributed by atoms with Gasteiger partial charge in [0.1, 0.15) is 6.10 Å². The number of hydrogen-bond donors (Lipinski definition) is 0. The van der Waals surface area contributed by atoms with Crippen LogP contribution in [0.4, 0.5) is 10.3 Å². The fourth-order valence-corrected chi connectivity index (χ4v) is 3.41. The van der Waals surface area contributed by atoms with Gasteiger partial charge in [-0.05, 0) is 18.1 Å². The summed E-state index contributed by atoms with van der Waals surface area (Å²) in [6.45, 7) is 1.89. The molecular weight excluding hydrogens is 359 g/mol. The van der Waals surface area contributed by atoms with Crippen molar-refractivity contribution < 1.29 is 9.13 Å². The van der Waals surface area contributed by atoms with E-state index in [1.807, 2.05) is 35.2 Å². The number of ether oxygens (including phenoxy) is 1. The zero-order chi connectivity index (χ0) is 19.5. The summed E-state index contributed by atoms with van der Waals surface area (Å²) in [5.41, 5.74) is 1.41. The highest BCUT2D eigenvalue weighted by Gasteiger charge is 2.24. The molecule has 1 aromatic carbocycles. The number of anilines is 1. The normalized spacial score (nSPS) is 17.4. The van der Waals surface area contributed by atoms with Gasteiger partial charge in [-0.3, -0.25) is 14.3 Å². The number of nitrogens with zero attached hydrogens (tertiary/aromatic N) is 4. The van der Waals surface area contributed by atoms with Crippen LogP contribution in [0.3, 0.4) is 0 Å². The third-order valence-corrected chi connectivity index (χ3v) is 4.89. The van der Waals surface area contributed by atoms with Gasteiger partial charge < -0.3 is 9.64 Å². The van der Waals surface area contributed by atoms with Crippen molar-refractivity contribution in [1.82, 2.24) is 14.5 Å². The molecule has 0 amide bonds. The average Bonchev–Trinajstić information content (AvgIpc) is 2.97. The first-order valence-corrected chi connectivity index (χ1v) is 9.23. The molecule has 1 aliphatic heterocycles. The highest BCUT2D eigenvalue weighted by atomic mass is 19.1. The van der Waals surface area contributed by atoms with Crippen LogP contribution in [-0.4, -0.2) is 34.2 Å². The van der Waals surface area contributed by atoms with E-state index in [0.29, 0.717) is 31.3 Å². The molecular formula is C21H21FN4O2. The largest absolute Gasteiger partial charge is 0.372 e. The van der Waals surface area contributed by atoms with E-state index in [2.05, 4.69) is 9.97 Å². The Morgan fingerprint density at radius 1 is 1.21 bits per heavy atom. The van der Waals surface area contributed by atoms with Crippen molar-refractivity contribution in [1.29, 1.82) is 0 Å². The first-order chi connectivity index (χ1) is 13.6. The highest BCUT2D eigenvalue weighted by molar-refractivity contribution is 5.60. The molecule has 1 fully saturated rings. The third-order valence-electron chi connectivity index (χ3n) is 4.89. The lowest BCUT2D eigenvalue weighted by atomic mass is 10.1. The molecule has 1 aliphatic rings. The number of halogens is 1. The van der Waals surface area contributed by atoms with E-state index in [4.69, 9.17) is 4.74 Å². The molecule has 4 rings (SSSR count). The van der Waals surface area contributed by atoms with E-state index in [1.165, 1.54) is 22.9 Å². The van der Waals surface area contributed by atoms with Gasteiger partial charge in [0, 0.05) is 38.0 Å². The summed E-state index contributed by atoms with van der Waals surface area (Å²) in [5.74, 6) is 0.000656. The fraction of sp³-hybridized carbons (Fsp3) is 0.286. The zero-order valence-electron chi connectivity index (χ0n) is 15.6. The lowest BCUT2D eigenvalue weighted by Crippen LogP contribution is -2.34. The summed E-state index contributed by atoms with van der Waals surface area (Å²) in [4.78, 5) is 23.0. The molecule has 1 saturated heterocycles. The fourth-order valence-electron chi connectivity index (χ4n) is 3.41. The first kappa shape index (κ1) is 18.3. The number of benzene rings is 1. The van der Waals surface area contributed by atoms with Crippen LogP contribution in [0.15, 0.2) is 59.7 Å². The van der Waals surface area contributed by atoms with Crippen LogP contribution in [0.25, 0.3) is 11.3 Å². The molecule has 144 valence electrons. The second-order valence-electron chi connectivity index (χ2n) is 6.76. The Hall–Kier alpha value is -3.06. The van der Waals surface area contributed by atoms with Crippen LogP contribution in [0.5, 0.6) is 0 Å². The molecule has 0 saturated carbocycles. The minimum absolute atomic E-state index is 0.123. The Kier molecular flexibility index (Phi) is 5.16. The average molecular weight is 380 g/mol. The topological polar surface area (TPSA) is 60.2 Å². The van der Waals surface area contributed by atoms with Crippen LogP contribution in [-0.2, 0) is 11.8 Å². The van der Waals surface area contributed by atoms with Gasteiger partial charge in [0.2, 0.25) is 5.95 Å². The molecule has 2 aromatic heterocycles. The summed E-state index contributed by atoms with van der Waals surface area (Å²) in [6.07, 6.45) is 3.30. The van der Waals surface area contributed by atoms with E-state index in [1.54, 1.807) is 7.05 Å². The van der Waals surface area contributed by atoms with Crippen LogP contribution in [0.2, 0.25) is 0 Å². The Bertz CT molecular complexity index is 1020. The summed E-state index contributed by atoms with van der Waals surface area (Å²) in [6, 6.07) is 12.9. The van der Waals surface area contributed by atoms with E-state index in [-0.39, 0.29) is 17.2 Å². The monoisotopic (exact) mass is 380 g/mol. The molecule has 0 bridgehead atoms. The molecule has 6 nitrogen and oxygen atoms in total. The summed E-state index contributed by atoms with van der Waals surface area (Å²) < 4.78 is 21.7.